The number of esters is 2. The van der Waals surface area contributed by atoms with Crippen LogP contribution in [-0.2, 0) is 19.1 Å². The minimum absolute atomic E-state index is 0.0532. The van der Waals surface area contributed by atoms with Crippen molar-refractivity contribution in [3.05, 3.63) is 40.5 Å². The molecule has 0 fully saturated rings. The van der Waals surface area contributed by atoms with Gasteiger partial charge >= 0.3 is 11.9 Å². The zero-order valence-corrected chi connectivity index (χ0v) is 15.7. The molecule has 0 aliphatic rings. The van der Waals surface area contributed by atoms with Crippen LogP contribution >= 0.6 is 0 Å². The van der Waals surface area contributed by atoms with Crippen molar-refractivity contribution in [2.45, 2.75) is 13.8 Å². The first kappa shape index (κ1) is 25.7. The number of carbonyl (C=O) groups excluding carboxylic acids is 2. The van der Waals surface area contributed by atoms with Gasteiger partial charge < -0.3 is 9.47 Å². The van der Waals surface area contributed by atoms with Crippen LogP contribution in [0.3, 0.4) is 0 Å². The van der Waals surface area contributed by atoms with E-state index in [1.54, 1.807) is 0 Å². The lowest BCUT2D eigenvalue weighted by Gasteiger charge is -2.22. The van der Waals surface area contributed by atoms with Crippen LogP contribution < -0.4 is 0 Å². The molecular weight excluding hydrogens is 424 g/mol. The van der Waals surface area contributed by atoms with Gasteiger partial charge in [0.2, 0.25) is 26.8 Å². The van der Waals surface area contributed by atoms with Gasteiger partial charge in [-0.25, -0.2) is 40.5 Å². The Kier molecular flexibility index (Phi) is 10.5. The Morgan fingerprint density at radius 3 is 1.33 bits per heavy atom. The van der Waals surface area contributed by atoms with Crippen LogP contribution in [0.25, 0.3) is 0 Å². The predicted octanol–water partition coefficient (Wildman–Crippen LogP) is -2.08. The minimum Gasteiger partial charge on any atom is -0.439 e. The Bertz CT molecular complexity index is 673. The standard InChI is InChI=1S/C10H18N8O12/c1-9(19)29-7-12(16(23)24)4-3-11(15(21)22)5-13(17(25)26)6-14(18(27)28)8-30-10(2)20/h3-8H2,1-2H3. The summed E-state index contributed by atoms with van der Waals surface area (Å²) in [5.74, 6) is -1.76. The van der Waals surface area contributed by atoms with E-state index in [2.05, 4.69) is 9.47 Å². The Morgan fingerprint density at radius 1 is 0.633 bits per heavy atom. The third-order valence-corrected chi connectivity index (χ3v) is 3.03. The van der Waals surface area contributed by atoms with E-state index in [1.807, 2.05) is 0 Å². The highest BCUT2D eigenvalue weighted by Gasteiger charge is 2.32. The Balaban J connectivity index is 5.17. The molecular formula is C10H18N8O12. The summed E-state index contributed by atoms with van der Waals surface area (Å²) in [5.41, 5.74) is 0. The number of hydrazine groups is 4. The monoisotopic (exact) mass is 442 g/mol. The van der Waals surface area contributed by atoms with Gasteiger partial charge in [0.15, 0.2) is 20.1 Å². The third-order valence-electron chi connectivity index (χ3n) is 3.03. The van der Waals surface area contributed by atoms with Crippen molar-refractivity contribution >= 4 is 11.9 Å². The molecule has 0 amide bonds. The molecule has 0 rings (SSSR count). The summed E-state index contributed by atoms with van der Waals surface area (Å²) < 4.78 is 8.79. The first-order valence-electron chi connectivity index (χ1n) is 7.68. The lowest BCUT2D eigenvalue weighted by molar-refractivity contribution is -0.739. The van der Waals surface area contributed by atoms with Crippen molar-refractivity contribution in [2.75, 3.05) is 39.9 Å². The fourth-order valence-electron chi connectivity index (χ4n) is 1.62. The molecule has 0 aromatic heterocycles. The van der Waals surface area contributed by atoms with Gasteiger partial charge in [-0.15, -0.1) is 5.01 Å². The van der Waals surface area contributed by atoms with Gasteiger partial charge in [0.05, 0.1) is 0 Å². The number of hydrogen-bond donors (Lipinski definition) is 0. The van der Waals surface area contributed by atoms with E-state index in [0.29, 0.717) is 5.01 Å². The van der Waals surface area contributed by atoms with E-state index < -0.39 is 72.0 Å². The highest BCUT2D eigenvalue weighted by atomic mass is 16.7. The summed E-state index contributed by atoms with van der Waals surface area (Å²) in [6, 6.07) is 0. The zero-order chi connectivity index (χ0) is 23.4. The van der Waals surface area contributed by atoms with Crippen LogP contribution in [0.1, 0.15) is 13.8 Å². The van der Waals surface area contributed by atoms with Crippen molar-refractivity contribution in [2.24, 2.45) is 0 Å². The summed E-state index contributed by atoms with van der Waals surface area (Å²) >= 11 is 0. The molecule has 0 heterocycles. The van der Waals surface area contributed by atoms with Crippen molar-refractivity contribution in [1.82, 2.24) is 20.0 Å². The molecule has 0 bridgehead atoms. The maximum atomic E-state index is 11.1. The third kappa shape index (κ3) is 10.2. The minimum atomic E-state index is -1.18. The van der Waals surface area contributed by atoms with Gasteiger partial charge in [0.25, 0.3) is 0 Å². The largest absolute Gasteiger partial charge is 0.439 e. The highest BCUT2D eigenvalue weighted by Crippen LogP contribution is 2.02. The van der Waals surface area contributed by atoms with Crippen molar-refractivity contribution in [1.29, 1.82) is 0 Å². The number of carbonyl (C=O) groups is 2. The maximum absolute atomic E-state index is 11.1. The number of rotatable bonds is 15. The quantitative estimate of drug-likeness (QED) is 0.114. The van der Waals surface area contributed by atoms with Crippen LogP contribution in [0.4, 0.5) is 0 Å². The van der Waals surface area contributed by atoms with Gasteiger partial charge in [0.1, 0.15) is 13.1 Å². The van der Waals surface area contributed by atoms with Crippen LogP contribution in [0, 0.1) is 40.5 Å². The summed E-state index contributed by atoms with van der Waals surface area (Å²) in [4.78, 5) is 65.5. The first-order valence-corrected chi connectivity index (χ1v) is 7.68. The van der Waals surface area contributed by atoms with E-state index in [-0.39, 0.29) is 15.0 Å². The fourth-order valence-corrected chi connectivity index (χ4v) is 1.62. The van der Waals surface area contributed by atoms with Gasteiger partial charge in [-0.05, 0) is 0 Å². The molecule has 30 heavy (non-hydrogen) atoms. The van der Waals surface area contributed by atoms with Crippen LogP contribution in [0.5, 0.6) is 0 Å². The van der Waals surface area contributed by atoms with E-state index in [9.17, 15) is 50.0 Å². The molecule has 20 heteroatoms. The van der Waals surface area contributed by atoms with Crippen LogP contribution in [-0.4, -0.2) is 92.0 Å². The average Bonchev–Trinajstić information content (AvgIpc) is 2.60. The number of nitro groups is 4. The molecule has 0 aliphatic carbocycles. The Morgan fingerprint density at radius 2 is 0.967 bits per heavy atom. The topological polar surface area (TPSA) is 238 Å². The van der Waals surface area contributed by atoms with Crippen molar-refractivity contribution < 1.29 is 39.2 Å². The lowest BCUT2D eigenvalue weighted by Crippen LogP contribution is -2.52. The van der Waals surface area contributed by atoms with E-state index in [4.69, 9.17) is 0 Å². The van der Waals surface area contributed by atoms with Crippen LogP contribution in [0.15, 0.2) is 0 Å². The Hall–Kier alpha value is -4.26. The molecule has 0 saturated heterocycles. The molecule has 0 radical (unpaired) electrons. The molecule has 20 nitrogen and oxygen atoms in total. The molecule has 0 aromatic rings. The predicted molar refractivity (Wildman–Crippen MR) is 88.1 cm³/mol. The van der Waals surface area contributed by atoms with Gasteiger partial charge in [-0.1, -0.05) is 15.0 Å². The number of hydrogen-bond acceptors (Lipinski definition) is 12. The van der Waals surface area contributed by atoms with Gasteiger partial charge in [-0.2, -0.15) is 0 Å². The molecule has 0 aromatic carbocycles. The normalized spacial score (nSPS) is 9.80. The summed E-state index contributed by atoms with van der Waals surface area (Å²) in [7, 11) is 0. The summed E-state index contributed by atoms with van der Waals surface area (Å²) in [6.45, 7) is -3.55. The molecule has 170 valence electrons. The molecule has 0 spiro atoms. The number of nitrogens with zero attached hydrogens (tertiary/aromatic N) is 8. The van der Waals surface area contributed by atoms with Crippen LogP contribution in [0.2, 0.25) is 0 Å². The summed E-state index contributed by atoms with van der Waals surface area (Å²) in [5, 5.41) is 40.3. The first-order chi connectivity index (χ1) is 13.8. The SMILES string of the molecule is CC(=O)OCN(CCN(CN(CN(COC(C)=O)[N+](=O)[O-])[N+](=O)[O-])[N+](=O)[O-])[N+](=O)[O-]. The second-order valence-electron chi connectivity index (χ2n) is 5.24. The van der Waals surface area contributed by atoms with E-state index in [0.717, 1.165) is 13.8 Å². The van der Waals surface area contributed by atoms with E-state index in [1.165, 1.54) is 0 Å². The molecule has 0 aliphatic heterocycles. The highest BCUT2D eigenvalue weighted by molar-refractivity contribution is 5.66. The van der Waals surface area contributed by atoms with Crippen molar-refractivity contribution in [3.8, 4) is 0 Å². The maximum Gasteiger partial charge on any atom is 0.304 e. The zero-order valence-electron chi connectivity index (χ0n) is 15.7. The molecule has 0 unspecified atom stereocenters. The molecule has 0 N–H and O–H groups in total. The molecule has 0 atom stereocenters. The van der Waals surface area contributed by atoms with Gasteiger partial charge in [-0.3, -0.25) is 9.59 Å². The Labute approximate surface area is 166 Å². The summed E-state index contributed by atoms with van der Waals surface area (Å²) in [6.07, 6.45) is 0. The lowest BCUT2D eigenvalue weighted by atomic mass is 10.6. The van der Waals surface area contributed by atoms with E-state index >= 15 is 0 Å². The smallest absolute Gasteiger partial charge is 0.304 e. The fraction of sp³-hybridized carbons (Fsp3) is 0.800. The molecule has 0 saturated carbocycles. The second kappa shape index (κ2) is 12.2. The second-order valence-corrected chi connectivity index (χ2v) is 5.24. The number of ether oxygens (including phenoxy) is 2. The van der Waals surface area contributed by atoms with Gasteiger partial charge in [0, 0.05) is 13.8 Å². The average molecular weight is 442 g/mol. The van der Waals surface area contributed by atoms with Crippen molar-refractivity contribution in [3.63, 3.8) is 0 Å².